The van der Waals surface area contributed by atoms with Gasteiger partial charge in [0.15, 0.2) is 5.82 Å². The van der Waals surface area contributed by atoms with Crippen molar-refractivity contribution < 1.29 is 22.4 Å². The second-order valence-electron chi connectivity index (χ2n) is 4.94. The van der Waals surface area contributed by atoms with Crippen molar-refractivity contribution in [3.8, 4) is 0 Å². The van der Waals surface area contributed by atoms with Gasteiger partial charge in [-0.1, -0.05) is 5.16 Å². The highest BCUT2D eigenvalue weighted by Crippen LogP contribution is 2.30. The number of rotatable bonds is 8. The lowest BCUT2D eigenvalue weighted by molar-refractivity contribution is 0.0753. The number of ether oxygens (including phenoxy) is 2. The average Bonchev–Trinajstić information content (AvgIpc) is 3.08. The van der Waals surface area contributed by atoms with Crippen molar-refractivity contribution in [3.63, 3.8) is 0 Å². The van der Waals surface area contributed by atoms with E-state index in [0.29, 0.717) is 17.9 Å². The van der Waals surface area contributed by atoms with Crippen molar-refractivity contribution >= 4 is 27.2 Å². The first-order chi connectivity index (χ1) is 10.9. The predicted octanol–water partition coefficient (Wildman–Crippen LogP) is 2.48. The Balaban J connectivity index is 2.34. The molecular formula is C14H20N2O5S2. The van der Waals surface area contributed by atoms with Gasteiger partial charge in [-0.2, -0.15) is 0 Å². The van der Waals surface area contributed by atoms with Crippen molar-refractivity contribution in [2.45, 2.75) is 25.0 Å². The molecule has 0 aliphatic carbocycles. The molecule has 0 N–H and O–H groups in total. The molecule has 0 bridgehead atoms. The molecule has 128 valence electrons. The summed E-state index contributed by atoms with van der Waals surface area (Å²) < 4.78 is 42.6. The summed E-state index contributed by atoms with van der Waals surface area (Å²) in [5.41, 5.74) is 0.664. The third kappa shape index (κ3) is 3.92. The average molecular weight is 360 g/mol. The van der Waals surface area contributed by atoms with E-state index in [2.05, 4.69) is 5.16 Å². The second-order valence-corrected chi connectivity index (χ2v) is 8.31. The largest absolute Gasteiger partial charge is 0.382 e. The van der Waals surface area contributed by atoms with Crippen LogP contribution in [0.25, 0.3) is 0 Å². The summed E-state index contributed by atoms with van der Waals surface area (Å²) >= 11 is 1.21. The highest BCUT2D eigenvalue weighted by Gasteiger charge is 2.30. The normalized spacial score (nSPS) is 11.8. The Hall–Kier alpha value is -1.42. The molecule has 0 fully saturated rings. The maximum Gasteiger partial charge on any atom is 0.277 e. The van der Waals surface area contributed by atoms with E-state index in [1.54, 1.807) is 33.1 Å². The summed E-state index contributed by atoms with van der Waals surface area (Å²) in [7, 11) is -2.21. The van der Waals surface area contributed by atoms with Gasteiger partial charge in [0.25, 0.3) is 10.0 Å². The van der Waals surface area contributed by atoms with E-state index in [4.69, 9.17) is 14.0 Å². The number of aryl methyl sites for hydroxylation is 2. The summed E-state index contributed by atoms with van der Waals surface area (Å²) in [5, 5.41) is 3.88. The number of sulfonamides is 1. The van der Waals surface area contributed by atoms with Crippen molar-refractivity contribution in [1.82, 2.24) is 5.16 Å². The molecule has 0 atom stereocenters. The van der Waals surface area contributed by atoms with Crippen LogP contribution in [0, 0.1) is 20.8 Å². The summed E-state index contributed by atoms with van der Waals surface area (Å²) in [4.78, 5) is 0.914. The van der Waals surface area contributed by atoms with E-state index in [0.717, 1.165) is 9.18 Å². The van der Waals surface area contributed by atoms with E-state index in [-0.39, 0.29) is 23.4 Å². The number of anilines is 1. The molecule has 23 heavy (non-hydrogen) atoms. The van der Waals surface area contributed by atoms with E-state index in [1.165, 1.54) is 11.3 Å². The maximum absolute atomic E-state index is 12.9. The molecule has 9 heteroatoms. The summed E-state index contributed by atoms with van der Waals surface area (Å²) in [5.74, 6) is 0.811. The molecule has 0 amide bonds. The third-order valence-corrected chi connectivity index (χ3v) is 6.45. The van der Waals surface area contributed by atoms with Gasteiger partial charge in [0.2, 0.25) is 0 Å². The van der Waals surface area contributed by atoms with Crippen molar-refractivity contribution in [2.24, 2.45) is 0 Å². The second kappa shape index (κ2) is 7.43. The van der Waals surface area contributed by atoms with Gasteiger partial charge in [0, 0.05) is 17.6 Å². The number of hydrogen-bond donors (Lipinski definition) is 0. The quantitative estimate of drug-likeness (QED) is 0.531. The van der Waals surface area contributed by atoms with Crippen LogP contribution < -0.4 is 4.31 Å². The zero-order valence-corrected chi connectivity index (χ0v) is 15.2. The molecule has 2 heterocycles. The Morgan fingerprint density at radius 2 is 2.00 bits per heavy atom. The molecule has 2 aromatic rings. The minimum Gasteiger partial charge on any atom is -0.382 e. The molecule has 2 aromatic heterocycles. The third-order valence-electron chi connectivity index (χ3n) is 3.27. The van der Waals surface area contributed by atoms with Gasteiger partial charge < -0.3 is 14.0 Å². The monoisotopic (exact) mass is 360 g/mol. The van der Waals surface area contributed by atoms with Crippen molar-refractivity contribution in [2.75, 3.05) is 31.4 Å². The molecule has 0 unspecified atom stereocenters. The van der Waals surface area contributed by atoms with E-state index in [1.807, 2.05) is 6.92 Å². The highest BCUT2D eigenvalue weighted by molar-refractivity contribution is 7.94. The smallest absolute Gasteiger partial charge is 0.277 e. The highest BCUT2D eigenvalue weighted by atomic mass is 32.2. The van der Waals surface area contributed by atoms with Gasteiger partial charge in [0.05, 0.1) is 13.2 Å². The van der Waals surface area contributed by atoms with E-state index < -0.39 is 10.0 Å². The Morgan fingerprint density at radius 1 is 1.26 bits per heavy atom. The summed E-state index contributed by atoms with van der Waals surface area (Å²) in [6.07, 6.45) is 0. The molecule has 0 aliphatic rings. The molecule has 0 radical (unpaired) electrons. The van der Waals surface area contributed by atoms with Crippen LogP contribution in [-0.2, 0) is 19.5 Å². The summed E-state index contributed by atoms with van der Waals surface area (Å²) in [6.45, 7) is 5.85. The Bertz CT molecular complexity index is 751. The Labute approximate surface area is 139 Å². The molecule has 0 saturated carbocycles. The van der Waals surface area contributed by atoms with Crippen LogP contribution in [-0.4, -0.2) is 40.6 Å². The van der Waals surface area contributed by atoms with Crippen LogP contribution in [0.1, 0.15) is 16.2 Å². The van der Waals surface area contributed by atoms with Crippen LogP contribution in [0.4, 0.5) is 5.82 Å². The van der Waals surface area contributed by atoms with Crippen LogP contribution in [0.2, 0.25) is 0 Å². The maximum atomic E-state index is 12.9. The van der Waals surface area contributed by atoms with Crippen LogP contribution in [0.3, 0.4) is 0 Å². The number of aromatic nitrogens is 1. The van der Waals surface area contributed by atoms with Gasteiger partial charge in [-0.25, -0.2) is 12.7 Å². The fourth-order valence-corrected chi connectivity index (χ4v) is 4.58. The van der Waals surface area contributed by atoms with Crippen molar-refractivity contribution in [1.29, 1.82) is 0 Å². The van der Waals surface area contributed by atoms with Gasteiger partial charge >= 0.3 is 0 Å². The van der Waals surface area contributed by atoms with Crippen LogP contribution in [0.15, 0.2) is 20.9 Å². The van der Waals surface area contributed by atoms with Gasteiger partial charge in [-0.05, 0) is 32.9 Å². The Morgan fingerprint density at radius 3 is 2.52 bits per heavy atom. The predicted molar refractivity (Wildman–Crippen MR) is 87.4 cm³/mol. The van der Waals surface area contributed by atoms with Crippen molar-refractivity contribution in [3.05, 3.63) is 28.3 Å². The van der Waals surface area contributed by atoms with E-state index in [9.17, 15) is 8.42 Å². The molecule has 0 spiro atoms. The molecule has 0 saturated heterocycles. The lowest BCUT2D eigenvalue weighted by Crippen LogP contribution is -2.34. The Kier molecular flexibility index (Phi) is 5.79. The number of hydrogen-bond acceptors (Lipinski definition) is 7. The molecule has 0 aliphatic heterocycles. The first-order valence-corrected chi connectivity index (χ1v) is 9.22. The molecule has 2 rings (SSSR count). The zero-order chi connectivity index (χ0) is 17.0. The first-order valence-electron chi connectivity index (χ1n) is 6.96. The number of thiophene rings is 1. The fourth-order valence-electron chi connectivity index (χ4n) is 1.83. The van der Waals surface area contributed by atoms with Gasteiger partial charge in [0.1, 0.15) is 16.7 Å². The lowest BCUT2D eigenvalue weighted by Gasteiger charge is -2.21. The van der Waals surface area contributed by atoms with Gasteiger partial charge in [-0.3, -0.25) is 0 Å². The summed E-state index contributed by atoms with van der Waals surface area (Å²) in [6, 6.07) is 3.35. The van der Waals surface area contributed by atoms with Crippen LogP contribution >= 0.6 is 11.3 Å². The topological polar surface area (TPSA) is 81.9 Å². The standard InChI is InChI=1S/C14H20N2O5S2/c1-10-5-6-13(22-10)23(17,18)16(9-20-8-7-19-4)14-11(2)12(3)21-15-14/h5-6H,7-9H2,1-4H3. The lowest BCUT2D eigenvalue weighted by atomic mass is 10.3. The van der Waals surface area contributed by atoms with E-state index >= 15 is 0 Å². The molecular weight excluding hydrogens is 340 g/mol. The number of nitrogens with zero attached hydrogens (tertiary/aromatic N) is 2. The zero-order valence-electron chi connectivity index (χ0n) is 13.5. The fraction of sp³-hybridized carbons (Fsp3) is 0.500. The van der Waals surface area contributed by atoms with Gasteiger partial charge in [-0.15, -0.1) is 11.3 Å². The first kappa shape index (κ1) is 17.9. The number of methoxy groups -OCH3 is 1. The minimum atomic E-state index is -3.77. The SMILES string of the molecule is COCCOCN(c1noc(C)c1C)S(=O)(=O)c1ccc(C)s1. The minimum absolute atomic E-state index is 0.157. The molecule has 7 nitrogen and oxygen atoms in total. The van der Waals surface area contributed by atoms with Crippen LogP contribution in [0.5, 0.6) is 0 Å². The molecule has 0 aromatic carbocycles.